The fraction of sp³-hybridized carbons (Fsp3) is 0.176. The van der Waals surface area contributed by atoms with Crippen LogP contribution in [0.4, 0.5) is 0 Å². The number of benzene rings is 1. The monoisotopic (exact) mass is 325 g/mol. The van der Waals surface area contributed by atoms with Crippen LogP contribution in [0.5, 0.6) is 0 Å². The molecule has 0 saturated heterocycles. The number of rotatable bonds is 3. The van der Waals surface area contributed by atoms with Gasteiger partial charge in [0.05, 0.1) is 12.8 Å². The van der Waals surface area contributed by atoms with Crippen molar-refractivity contribution in [2.24, 2.45) is 0 Å². The van der Waals surface area contributed by atoms with Gasteiger partial charge in [0.15, 0.2) is 0 Å². The molecule has 0 spiro atoms. The van der Waals surface area contributed by atoms with Gasteiger partial charge in [-0.25, -0.2) is 4.79 Å². The van der Waals surface area contributed by atoms with Crippen LogP contribution >= 0.6 is 0 Å². The first-order valence-electron chi connectivity index (χ1n) is 7.24. The molecule has 0 radical (unpaired) electrons. The Morgan fingerprint density at radius 2 is 1.88 bits per heavy atom. The maximum absolute atomic E-state index is 12.8. The fourth-order valence-corrected chi connectivity index (χ4v) is 2.44. The normalized spacial score (nSPS) is 10.6. The van der Waals surface area contributed by atoms with Crippen LogP contribution in [-0.2, 0) is 4.74 Å². The van der Waals surface area contributed by atoms with Crippen molar-refractivity contribution in [2.45, 2.75) is 13.8 Å². The van der Waals surface area contributed by atoms with E-state index in [0.717, 1.165) is 4.68 Å². The number of esters is 1. The second-order valence-corrected chi connectivity index (χ2v) is 5.21. The molecule has 24 heavy (non-hydrogen) atoms. The number of carbonyl (C=O) groups excluding carboxylic acids is 2. The molecule has 0 aliphatic rings. The third-order valence-corrected chi connectivity index (χ3v) is 3.53. The second-order valence-electron chi connectivity index (χ2n) is 5.21. The molecule has 122 valence electrons. The summed E-state index contributed by atoms with van der Waals surface area (Å²) in [4.78, 5) is 25.0. The molecule has 0 bridgehead atoms. The van der Waals surface area contributed by atoms with Crippen molar-refractivity contribution in [3.63, 3.8) is 0 Å². The maximum Gasteiger partial charge on any atom is 0.342 e. The summed E-state index contributed by atoms with van der Waals surface area (Å²) in [5.41, 5.74) is 1.61. The first-order valence-corrected chi connectivity index (χ1v) is 7.24. The minimum atomic E-state index is -0.588. The van der Waals surface area contributed by atoms with Gasteiger partial charge < -0.3 is 9.26 Å². The Kier molecular flexibility index (Phi) is 3.99. The zero-order chi connectivity index (χ0) is 17.3. The number of hydrogen-bond acceptors (Lipinski definition) is 6. The van der Waals surface area contributed by atoms with Crippen LogP contribution in [0.3, 0.4) is 0 Å². The van der Waals surface area contributed by atoms with Crippen molar-refractivity contribution in [3.8, 4) is 11.4 Å². The minimum Gasteiger partial charge on any atom is -0.465 e. The Labute approximate surface area is 137 Å². The van der Waals surface area contributed by atoms with E-state index in [1.165, 1.54) is 7.11 Å². The molecule has 7 nitrogen and oxygen atoms in total. The van der Waals surface area contributed by atoms with Crippen molar-refractivity contribution in [1.82, 2.24) is 14.9 Å². The Morgan fingerprint density at radius 3 is 2.46 bits per heavy atom. The smallest absolute Gasteiger partial charge is 0.342 e. The number of hydrogen-bond donors (Lipinski definition) is 0. The molecule has 0 saturated carbocycles. The number of aryl methyl sites for hydroxylation is 2. The Morgan fingerprint density at radius 1 is 1.17 bits per heavy atom. The van der Waals surface area contributed by atoms with Crippen molar-refractivity contribution in [2.75, 3.05) is 7.11 Å². The third kappa shape index (κ3) is 2.60. The summed E-state index contributed by atoms with van der Waals surface area (Å²) in [6, 6.07) is 10.3. The van der Waals surface area contributed by atoms with Crippen molar-refractivity contribution < 1.29 is 18.8 Å². The molecule has 1 aromatic carbocycles. The van der Waals surface area contributed by atoms with Crippen LogP contribution in [-0.4, -0.2) is 33.9 Å². The van der Waals surface area contributed by atoms with E-state index in [2.05, 4.69) is 10.3 Å². The highest BCUT2D eigenvalue weighted by molar-refractivity contribution is 6.03. The summed E-state index contributed by atoms with van der Waals surface area (Å²) >= 11 is 0. The van der Waals surface area contributed by atoms with Gasteiger partial charge in [0.2, 0.25) is 0 Å². The van der Waals surface area contributed by atoms with E-state index in [9.17, 15) is 9.59 Å². The predicted octanol–water partition coefficient (Wildman–Crippen LogP) is 2.63. The van der Waals surface area contributed by atoms with Gasteiger partial charge in [-0.3, -0.25) is 4.79 Å². The number of ether oxygens (including phenoxy) is 1. The van der Waals surface area contributed by atoms with Gasteiger partial charge in [-0.1, -0.05) is 23.4 Å². The summed E-state index contributed by atoms with van der Waals surface area (Å²) < 4.78 is 11.1. The molecule has 3 rings (SSSR count). The zero-order valence-corrected chi connectivity index (χ0v) is 13.4. The van der Waals surface area contributed by atoms with Gasteiger partial charge in [-0.2, -0.15) is 9.78 Å². The number of carbonyl (C=O) groups is 2. The van der Waals surface area contributed by atoms with E-state index < -0.39 is 5.97 Å². The molecule has 2 aromatic heterocycles. The van der Waals surface area contributed by atoms with Crippen LogP contribution in [0.25, 0.3) is 11.4 Å². The van der Waals surface area contributed by atoms with Gasteiger partial charge >= 0.3 is 5.97 Å². The highest BCUT2D eigenvalue weighted by Gasteiger charge is 2.28. The Bertz CT molecular complexity index is 909. The van der Waals surface area contributed by atoms with Gasteiger partial charge in [-0.05, 0) is 26.0 Å². The topological polar surface area (TPSA) is 87.2 Å². The Balaban J connectivity index is 2.23. The lowest BCUT2D eigenvalue weighted by Crippen LogP contribution is -2.16. The van der Waals surface area contributed by atoms with Crippen LogP contribution < -0.4 is 0 Å². The van der Waals surface area contributed by atoms with Crippen LogP contribution in [0, 0.1) is 13.8 Å². The Hall–Kier alpha value is -3.22. The van der Waals surface area contributed by atoms with E-state index in [1.54, 1.807) is 44.2 Å². The van der Waals surface area contributed by atoms with Gasteiger partial charge in [0, 0.05) is 11.6 Å². The SMILES string of the molecule is COC(=O)c1c(C)nn(C(=O)c2ccccc2)c1-c1cc(C)on1. The van der Waals surface area contributed by atoms with Gasteiger partial charge in [0.25, 0.3) is 5.91 Å². The fourth-order valence-electron chi connectivity index (χ4n) is 2.44. The lowest BCUT2D eigenvalue weighted by molar-refractivity contribution is 0.0601. The molecule has 3 aromatic rings. The van der Waals surface area contributed by atoms with E-state index in [1.807, 2.05) is 6.07 Å². The maximum atomic E-state index is 12.8. The second kappa shape index (κ2) is 6.11. The van der Waals surface area contributed by atoms with Gasteiger partial charge in [0.1, 0.15) is 22.7 Å². The predicted molar refractivity (Wildman–Crippen MR) is 84.7 cm³/mol. The summed E-state index contributed by atoms with van der Waals surface area (Å²) in [5.74, 6) is -0.404. The average molecular weight is 325 g/mol. The molecular weight excluding hydrogens is 310 g/mol. The van der Waals surface area contributed by atoms with E-state index in [4.69, 9.17) is 9.26 Å². The van der Waals surface area contributed by atoms with E-state index in [0.29, 0.717) is 22.7 Å². The summed E-state index contributed by atoms with van der Waals surface area (Å²) in [6.45, 7) is 3.36. The zero-order valence-electron chi connectivity index (χ0n) is 13.4. The standard InChI is InChI=1S/C17H15N3O4/c1-10-9-13(19-24-10)15-14(17(22)23-3)11(2)18-20(15)16(21)12-7-5-4-6-8-12/h4-9H,1-3H3. The molecule has 0 atom stereocenters. The molecule has 0 unspecified atom stereocenters. The highest BCUT2D eigenvalue weighted by atomic mass is 16.5. The van der Waals surface area contributed by atoms with Crippen LogP contribution in [0.2, 0.25) is 0 Å². The molecule has 0 fully saturated rings. The van der Waals surface area contributed by atoms with Gasteiger partial charge in [-0.15, -0.1) is 0 Å². The molecule has 0 N–H and O–H groups in total. The molecule has 0 aliphatic heterocycles. The summed E-state index contributed by atoms with van der Waals surface area (Å²) in [7, 11) is 1.27. The lowest BCUT2D eigenvalue weighted by Gasteiger charge is -2.05. The first kappa shape index (κ1) is 15.7. The molecule has 0 aliphatic carbocycles. The van der Waals surface area contributed by atoms with Crippen LogP contribution in [0.15, 0.2) is 40.9 Å². The largest absolute Gasteiger partial charge is 0.465 e. The molecule has 0 amide bonds. The average Bonchev–Trinajstić information content (AvgIpc) is 3.17. The minimum absolute atomic E-state index is 0.190. The van der Waals surface area contributed by atoms with Crippen molar-refractivity contribution in [1.29, 1.82) is 0 Å². The summed E-state index contributed by atoms with van der Waals surface area (Å²) in [6.07, 6.45) is 0. The summed E-state index contributed by atoms with van der Waals surface area (Å²) in [5, 5.41) is 8.14. The van der Waals surface area contributed by atoms with Crippen LogP contribution in [0.1, 0.15) is 32.2 Å². The first-order chi connectivity index (χ1) is 11.5. The number of nitrogens with zero attached hydrogens (tertiary/aromatic N) is 3. The quantitative estimate of drug-likeness (QED) is 0.688. The van der Waals surface area contributed by atoms with E-state index in [-0.39, 0.29) is 17.2 Å². The molecule has 7 heteroatoms. The molecular formula is C17H15N3O4. The lowest BCUT2D eigenvalue weighted by atomic mass is 10.1. The van der Waals surface area contributed by atoms with Crippen molar-refractivity contribution in [3.05, 3.63) is 59.0 Å². The van der Waals surface area contributed by atoms with E-state index >= 15 is 0 Å². The number of aromatic nitrogens is 3. The molecule has 2 heterocycles. The highest BCUT2D eigenvalue weighted by Crippen LogP contribution is 2.27. The third-order valence-electron chi connectivity index (χ3n) is 3.53. The number of methoxy groups -OCH3 is 1. The van der Waals surface area contributed by atoms with Crippen molar-refractivity contribution >= 4 is 11.9 Å².